The zero-order valence-corrected chi connectivity index (χ0v) is 24.0. The average molecular weight is 609 g/mol. The van der Waals surface area contributed by atoms with Crippen LogP contribution in [0.25, 0.3) is 11.3 Å². The third-order valence-electron chi connectivity index (χ3n) is 6.95. The molecule has 0 unspecified atom stereocenters. The zero-order valence-electron chi connectivity index (χ0n) is 20.0. The van der Waals surface area contributed by atoms with Crippen molar-refractivity contribution >= 4 is 46.4 Å². The van der Waals surface area contributed by atoms with Gasteiger partial charge in [-0.05, 0) is 61.4 Å². The zero-order chi connectivity index (χ0) is 24.5. The van der Waals surface area contributed by atoms with E-state index in [1.807, 2.05) is 18.2 Å². The maximum absolute atomic E-state index is 6.71. The number of rotatable bonds is 7. The van der Waals surface area contributed by atoms with Crippen LogP contribution >= 0.6 is 30.5 Å². The lowest BCUT2D eigenvalue weighted by Crippen LogP contribution is -3.00. The van der Waals surface area contributed by atoms with Gasteiger partial charge in [0.25, 0.3) is 0 Å². The monoisotopic (exact) mass is 607 g/mol. The lowest BCUT2D eigenvalue weighted by Gasteiger charge is -2.28. The highest BCUT2D eigenvalue weighted by Gasteiger charge is 2.48. The quantitative estimate of drug-likeness (QED) is 0.243. The highest BCUT2D eigenvalue weighted by molar-refractivity contribution is 7.95. The largest absolute Gasteiger partial charge is 1.00 e. The first-order chi connectivity index (χ1) is 17.7. The molecule has 1 heterocycles. The summed E-state index contributed by atoms with van der Waals surface area (Å²) in [6, 6.07) is 38.2. The number of hydrogen-bond acceptors (Lipinski definition) is 2. The minimum atomic E-state index is -2.14. The molecule has 0 saturated heterocycles. The third-order valence-corrected chi connectivity index (χ3v) is 11.9. The van der Waals surface area contributed by atoms with E-state index in [0.717, 1.165) is 41.6 Å². The summed E-state index contributed by atoms with van der Waals surface area (Å²) >= 11 is 13.4. The minimum Gasteiger partial charge on any atom is -1.00 e. The van der Waals surface area contributed by atoms with Crippen LogP contribution in [-0.2, 0) is 6.16 Å². The van der Waals surface area contributed by atoms with Gasteiger partial charge in [-0.1, -0.05) is 89.0 Å². The molecule has 1 fully saturated rings. The smallest absolute Gasteiger partial charge is 0.147 e. The Morgan fingerprint density at radius 2 is 1.14 bits per heavy atom. The summed E-state index contributed by atoms with van der Waals surface area (Å²) in [5.74, 6) is 1.37. The molecule has 1 saturated carbocycles. The Morgan fingerprint density at radius 1 is 0.676 bits per heavy atom. The van der Waals surface area contributed by atoms with Gasteiger partial charge in [-0.3, -0.25) is 0 Å². The van der Waals surface area contributed by atoms with E-state index in [2.05, 4.69) is 96.2 Å². The normalized spacial score (nSPS) is 13.2. The Morgan fingerprint density at radius 3 is 1.57 bits per heavy atom. The van der Waals surface area contributed by atoms with Crippen LogP contribution in [0.15, 0.2) is 114 Å². The topological polar surface area (TPSA) is 26.0 Å². The number of aromatic nitrogens is 1. The molecule has 0 radical (unpaired) electrons. The van der Waals surface area contributed by atoms with Crippen LogP contribution in [-0.4, -0.2) is 5.16 Å². The van der Waals surface area contributed by atoms with E-state index < -0.39 is 7.26 Å². The summed E-state index contributed by atoms with van der Waals surface area (Å²) in [4.78, 5) is 0. The number of halogens is 3. The van der Waals surface area contributed by atoms with Crippen molar-refractivity contribution in [3.63, 3.8) is 0 Å². The van der Waals surface area contributed by atoms with Crippen LogP contribution in [0.5, 0.6) is 0 Å². The van der Waals surface area contributed by atoms with Crippen LogP contribution in [0.4, 0.5) is 0 Å². The first-order valence-electron chi connectivity index (χ1n) is 12.2. The van der Waals surface area contributed by atoms with Gasteiger partial charge in [0, 0.05) is 11.5 Å². The van der Waals surface area contributed by atoms with E-state index in [0.29, 0.717) is 16.0 Å². The van der Waals surface area contributed by atoms with Gasteiger partial charge in [0.2, 0.25) is 0 Å². The molecule has 4 aromatic carbocycles. The van der Waals surface area contributed by atoms with E-state index in [9.17, 15) is 0 Å². The molecule has 1 aromatic heterocycles. The van der Waals surface area contributed by atoms with E-state index in [-0.39, 0.29) is 17.0 Å². The van der Waals surface area contributed by atoms with Crippen molar-refractivity contribution in [1.82, 2.24) is 5.16 Å². The summed E-state index contributed by atoms with van der Waals surface area (Å²) < 4.78 is 6.09. The molecule has 0 bridgehead atoms. The van der Waals surface area contributed by atoms with Crippen molar-refractivity contribution in [3.8, 4) is 11.3 Å². The van der Waals surface area contributed by atoms with Crippen molar-refractivity contribution in [2.45, 2.75) is 24.9 Å². The van der Waals surface area contributed by atoms with Crippen molar-refractivity contribution in [2.75, 3.05) is 0 Å². The summed E-state index contributed by atoms with van der Waals surface area (Å²) in [7, 11) is -2.14. The molecule has 0 amide bonds. The lowest BCUT2D eigenvalue weighted by molar-refractivity contribution is -0.00000714. The molecule has 0 spiro atoms. The van der Waals surface area contributed by atoms with Gasteiger partial charge in [-0.15, -0.1) is 0 Å². The van der Waals surface area contributed by atoms with E-state index in [1.54, 1.807) is 0 Å². The Bertz CT molecular complexity index is 1370. The van der Waals surface area contributed by atoms with Gasteiger partial charge in [-0.2, -0.15) is 0 Å². The molecule has 0 atom stereocenters. The van der Waals surface area contributed by atoms with Gasteiger partial charge >= 0.3 is 0 Å². The molecule has 5 aromatic rings. The van der Waals surface area contributed by atoms with E-state index >= 15 is 0 Å². The van der Waals surface area contributed by atoms with Crippen LogP contribution in [0, 0.1) is 0 Å². The highest BCUT2D eigenvalue weighted by atomic mass is 79.9. The van der Waals surface area contributed by atoms with Crippen molar-refractivity contribution < 1.29 is 21.5 Å². The van der Waals surface area contributed by atoms with Crippen molar-refractivity contribution in [3.05, 3.63) is 131 Å². The second-order valence-corrected chi connectivity index (χ2v) is 13.5. The molecular weight excluding hydrogens is 584 g/mol. The number of nitrogens with zero attached hydrogens (tertiary/aromatic N) is 1. The lowest BCUT2D eigenvalue weighted by atomic mass is 10.1. The maximum Gasteiger partial charge on any atom is 0.147 e. The van der Waals surface area contributed by atoms with E-state index in [1.165, 1.54) is 15.9 Å². The predicted octanol–water partition coefficient (Wildman–Crippen LogP) is 5.02. The van der Waals surface area contributed by atoms with Gasteiger partial charge in [0.15, 0.2) is 0 Å². The highest BCUT2D eigenvalue weighted by Crippen LogP contribution is 2.61. The molecule has 186 valence electrons. The summed E-state index contributed by atoms with van der Waals surface area (Å²) in [5.41, 5.74) is 2.64. The summed E-state index contributed by atoms with van der Waals surface area (Å²) in [6.07, 6.45) is 3.01. The molecule has 1 aliphatic carbocycles. The molecule has 1 aliphatic rings. The Hall–Kier alpha value is -2.42. The SMILES string of the molecule is Clc1cccc(Cl)c1-c1noc(C2CC2)c1C[P+](c1ccccc1)(c1ccccc1)c1ccccc1.[Br-]. The van der Waals surface area contributed by atoms with Crippen molar-refractivity contribution in [2.24, 2.45) is 0 Å². The second kappa shape index (κ2) is 11.1. The fraction of sp³-hybridized carbons (Fsp3) is 0.129. The molecule has 37 heavy (non-hydrogen) atoms. The number of hydrogen-bond donors (Lipinski definition) is 0. The molecule has 6 rings (SSSR count). The average Bonchev–Trinajstić information content (AvgIpc) is 3.69. The Labute approximate surface area is 238 Å². The molecular formula is C31H25BrCl2NOP. The molecule has 0 aliphatic heterocycles. The van der Waals surface area contributed by atoms with E-state index in [4.69, 9.17) is 27.7 Å². The molecule has 0 N–H and O–H groups in total. The molecule has 6 heteroatoms. The van der Waals surface area contributed by atoms with Crippen LogP contribution in [0.2, 0.25) is 10.0 Å². The fourth-order valence-corrected chi connectivity index (χ4v) is 9.91. The van der Waals surface area contributed by atoms with Gasteiger partial charge < -0.3 is 21.5 Å². The maximum atomic E-state index is 6.71. The van der Waals surface area contributed by atoms with Crippen LogP contribution in [0.1, 0.15) is 30.1 Å². The predicted molar refractivity (Wildman–Crippen MR) is 153 cm³/mol. The third kappa shape index (κ3) is 4.91. The van der Waals surface area contributed by atoms with Crippen molar-refractivity contribution in [1.29, 1.82) is 0 Å². The number of benzene rings is 4. The summed E-state index contributed by atoms with van der Waals surface area (Å²) in [5, 5.41) is 9.74. The standard InChI is InChI=1S/C31H25Cl2NOP.BrH/c32-27-17-10-18-28(33)29(27)30-26(31(35-34-30)22-19-20-22)21-36(23-11-4-1-5-12-23,24-13-6-2-7-14-24)25-15-8-3-9-16-25;/h1-18,22H,19-21H2;1H/q+1;/p-1. The van der Waals surface area contributed by atoms with Crippen LogP contribution in [0.3, 0.4) is 0 Å². The first-order valence-corrected chi connectivity index (χ1v) is 14.9. The van der Waals surface area contributed by atoms with Gasteiger partial charge in [0.1, 0.15) is 40.8 Å². The Kier molecular flexibility index (Phi) is 7.88. The minimum absolute atomic E-state index is 0. The van der Waals surface area contributed by atoms with Gasteiger partial charge in [0.05, 0.1) is 15.6 Å². The first kappa shape index (κ1) is 26.2. The van der Waals surface area contributed by atoms with Crippen LogP contribution < -0.4 is 32.9 Å². The summed E-state index contributed by atoms with van der Waals surface area (Å²) in [6.45, 7) is 0. The Balaban J connectivity index is 0.00000280. The van der Waals surface area contributed by atoms with Gasteiger partial charge in [-0.25, -0.2) is 0 Å². The second-order valence-electron chi connectivity index (χ2n) is 9.22. The fourth-order valence-electron chi connectivity index (χ4n) is 5.07. The molecule has 2 nitrogen and oxygen atoms in total.